The Morgan fingerprint density at radius 3 is 3.10 bits per heavy atom. The van der Waals surface area contributed by atoms with Gasteiger partial charge in [0.05, 0.1) is 0 Å². The maximum atomic E-state index is 4.26. The average molecular weight is 171 g/mol. The first-order valence-electron chi connectivity index (χ1n) is 2.91. The van der Waals surface area contributed by atoms with Gasteiger partial charge in [0.1, 0.15) is 10.7 Å². The molecule has 1 aromatic rings. The second-order valence-corrected chi connectivity index (χ2v) is 3.52. The highest BCUT2D eigenvalue weighted by molar-refractivity contribution is 8.14. The maximum Gasteiger partial charge on any atom is 0.130 e. The van der Waals surface area contributed by atoms with E-state index >= 15 is 0 Å². The molecule has 0 unspecified atom stereocenters. The van der Waals surface area contributed by atoms with Crippen molar-refractivity contribution in [2.75, 3.05) is 12.3 Å². The first kappa shape index (κ1) is 6.30. The standard InChI is InChI=1S/C5H5N3S2/c1-2-9-5(6-1)4-3-10-8-7-4/h3H,1-2H2. The minimum absolute atomic E-state index is 0.928. The van der Waals surface area contributed by atoms with Gasteiger partial charge < -0.3 is 0 Å². The minimum atomic E-state index is 0.928. The third kappa shape index (κ3) is 1.06. The van der Waals surface area contributed by atoms with Gasteiger partial charge in [-0.1, -0.05) is 4.49 Å². The van der Waals surface area contributed by atoms with Crippen molar-refractivity contribution in [2.24, 2.45) is 4.99 Å². The molecular formula is C5H5N3S2. The summed E-state index contributed by atoms with van der Waals surface area (Å²) in [6, 6.07) is 0. The first-order chi connectivity index (χ1) is 4.97. The van der Waals surface area contributed by atoms with Gasteiger partial charge in [-0.3, -0.25) is 4.99 Å². The summed E-state index contributed by atoms with van der Waals surface area (Å²) in [4.78, 5) is 4.26. The predicted octanol–water partition coefficient (Wildman–Crippen LogP) is 1.03. The van der Waals surface area contributed by atoms with Gasteiger partial charge >= 0.3 is 0 Å². The van der Waals surface area contributed by atoms with Gasteiger partial charge in [0, 0.05) is 17.7 Å². The van der Waals surface area contributed by atoms with E-state index < -0.39 is 0 Å². The van der Waals surface area contributed by atoms with Crippen LogP contribution in [0.1, 0.15) is 5.69 Å². The van der Waals surface area contributed by atoms with Crippen LogP contribution in [-0.4, -0.2) is 26.9 Å². The Morgan fingerprint density at radius 1 is 1.50 bits per heavy atom. The Bertz CT molecular complexity index is 241. The summed E-state index contributed by atoms with van der Waals surface area (Å²) in [6.45, 7) is 0.928. The molecule has 0 aromatic carbocycles. The van der Waals surface area contributed by atoms with Gasteiger partial charge in [0.25, 0.3) is 0 Å². The highest BCUT2D eigenvalue weighted by atomic mass is 32.2. The molecule has 0 aliphatic carbocycles. The molecule has 0 radical (unpaired) electrons. The number of aliphatic imine (C=N–C) groups is 1. The van der Waals surface area contributed by atoms with Crippen LogP contribution in [0, 0.1) is 0 Å². The Kier molecular flexibility index (Phi) is 1.68. The summed E-state index contributed by atoms with van der Waals surface area (Å²) in [7, 11) is 0. The van der Waals surface area contributed by atoms with E-state index in [0.29, 0.717) is 0 Å². The van der Waals surface area contributed by atoms with Crippen LogP contribution in [0.4, 0.5) is 0 Å². The van der Waals surface area contributed by atoms with Crippen LogP contribution in [0.25, 0.3) is 0 Å². The van der Waals surface area contributed by atoms with Crippen molar-refractivity contribution >= 4 is 28.3 Å². The van der Waals surface area contributed by atoms with E-state index in [9.17, 15) is 0 Å². The Morgan fingerprint density at radius 2 is 2.50 bits per heavy atom. The largest absolute Gasteiger partial charge is 0.275 e. The topological polar surface area (TPSA) is 38.1 Å². The van der Waals surface area contributed by atoms with Crippen LogP contribution < -0.4 is 0 Å². The van der Waals surface area contributed by atoms with Gasteiger partial charge in [-0.15, -0.1) is 16.9 Å². The van der Waals surface area contributed by atoms with E-state index in [2.05, 4.69) is 14.6 Å². The quantitative estimate of drug-likeness (QED) is 0.633. The lowest BCUT2D eigenvalue weighted by molar-refractivity contribution is 1.13. The molecule has 0 atom stereocenters. The van der Waals surface area contributed by atoms with Crippen molar-refractivity contribution in [3.05, 3.63) is 11.1 Å². The van der Waals surface area contributed by atoms with Gasteiger partial charge in [-0.05, 0) is 11.5 Å². The molecule has 0 amide bonds. The smallest absolute Gasteiger partial charge is 0.130 e. The first-order valence-corrected chi connectivity index (χ1v) is 4.74. The molecule has 0 spiro atoms. The highest BCUT2D eigenvalue weighted by Crippen LogP contribution is 2.17. The zero-order valence-electron chi connectivity index (χ0n) is 5.15. The summed E-state index contributed by atoms with van der Waals surface area (Å²) in [5.41, 5.74) is 0.938. The molecule has 1 aromatic heterocycles. The van der Waals surface area contributed by atoms with Gasteiger partial charge in [0.2, 0.25) is 0 Å². The number of nitrogens with zero attached hydrogens (tertiary/aromatic N) is 3. The van der Waals surface area contributed by atoms with E-state index in [0.717, 1.165) is 23.0 Å². The fraction of sp³-hybridized carbons (Fsp3) is 0.400. The van der Waals surface area contributed by atoms with E-state index in [1.165, 1.54) is 11.5 Å². The molecule has 1 aliphatic heterocycles. The number of hydrogen-bond donors (Lipinski definition) is 0. The summed E-state index contributed by atoms with van der Waals surface area (Å²) >= 11 is 3.13. The monoisotopic (exact) mass is 171 g/mol. The molecule has 10 heavy (non-hydrogen) atoms. The average Bonchev–Trinajstić information content (AvgIpc) is 2.59. The van der Waals surface area contributed by atoms with Crippen LogP contribution in [0.5, 0.6) is 0 Å². The van der Waals surface area contributed by atoms with Gasteiger partial charge in [0.15, 0.2) is 0 Å². The molecule has 0 N–H and O–H groups in total. The minimum Gasteiger partial charge on any atom is -0.275 e. The summed E-state index contributed by atoms with van der Waals surface area (Å²) < 4.78 is 3.76. The molecule has 2 rings (SSSR count). The zero-order chi connectivity index (χ0) is 6.81. The van der Waals surface area contributed by atoms with Gasteiger partial charge in [-0.2, -0.15) is 0 Å². The second kappa shape index (κ2) is 2.67. The number of hydrogen-bond acceptors (Lipinski definition) is 5. The van der Waals surface area contributed by atoms with Crippen LogP contribution in [0.15, 0.2) is 10.4 Å². The summed E-state index contributed by atoms with van der Waals surface area (Å²) in [5, 5.41) is 6.89. The fourth-order valence-corrected chi connectivity index (χ4v) is 2.07. The van der Waals surface area contributed by atoms with E-state index in [4.69, 9.17) is 0 Å². The van der Waals surface area contributed by atoms with Crippen molar-refractivity contribution in [2.45, 2.75) is 0 Å². The van der Waals surface area contributed by atoms with Crippen molar-refractivity contribution in [1.82, 2.24) is 9.59 Å². The lowest BCUT2D eigenvalue weighted by atomic mass is 10.5. The number of rotatable bonds is 1. The molecular weight excluding hydrogens is 166 g/mol. The van der Waals surface area contributed by atoms with Crippen LogP contribution >= 0.6 is 23.3 Å². The van der Waals surface area contributed by atoms with Crippen LogP contribution in [-0.2, 0) is 0 Å². The van der Waals surface area contributed by atoms with E-state index in [1.807, 2.05) is 5.38 Å². The van der Waals surface area contributed by atoms with Crippen molar-refractivity contribution in [3.8, 4) is 0 Å². The highest BCUT2D eigenvalue weighted by Gasteiger charge is 2.11. The Labute approximate surface area is 66.7 Å². The number of thioether (sulfide) groups is 1. The SMILES string of the molecule is c1snnc1C1=NCCS1. The zero-order valence-corrected chi connectivity index (χ0v) is 6.78. The van der Waals surface area contributed by atoms with E-state index in [1.54, 1.807) is 11.8 Å². The lowest BCUT2D eigenvalue weighted by Crippen LogP contribution is -1.90. The van der Waals surface area contributed by atoms with Crippen molar-refractivity contribution in [1.29, 1.82) is 0 Å². The third-order valence-corrected chi connectivity index (χ3v) is 2.67. The third-order valence-electron chi connectivity index (χ3n) is 1.16. The molecule has 1 aliphatic rings. The van der Waals surface area contributed by atoms with E-state index in [-0.39, 0.29) is 0 Å². The van der Waals surface area contributed by atoms with Crippen LogP contribution in [0.3, 0.4) is 0 Å². The lowest BCUT2D eigenvalue weighted by Gasteiger charge is -1.87. The Hall–Kier alpha value is -0.420. The molecule has 0 bridgehead atoms. The predicted molar refractivity (Wildman–Crippen MR) is 43.8 cm³/mol. The molecule has 0 saturated carbocycles. The molecule has 0 saturated heterocycles. The second-order valence-electron chi connectivity index (χ2n) is 1.83. The number of aromatic nitrogens is 2. The van der Waals surface area contributed by atoms with Crippen LogP contribution in [0.2, 0.25) is 0 Å². The van der Waals surface area contributed by atoms with Crippen molar-refractivity contribution in [3.63, 3.8) is 0 Å². The molecule has 2 heterocycles. The fourth-order valence-electron chi connectivity index (χ4n) is 0.748. The summed E-state index contributed by atoms with van der Waals surface area (Å²) in [5.74, 6) is 1.09. The van der Waals surface area contributed by atoms with Crippen molar-refractivity contribution < 1.29 is 0 Å². The normalized spacial score (nSPS) is 17.4. The molecule has 3 nitrogen and oxygen atoms in total. The molecule has 52 valence electrons. The molecule has 0 fully saturated rings. The molecule has 5 heteroatoms. The maximum absolute atomic E-state index is 4.26. The van der Waals surface area contributed by atoms with Gasteiger partial charge in [-0.25, -0.2) is 0 Å². The Balaban J connectivity index is 2.28. The summed E-state index contributed by atoms with van der Waals surface area (Å²) in [6.07, 6.45) is 0.